The summed E-state index contributed by atoms with van der Waals surface area (Å²) in [6, 6.07) is 36.9. The molecule has 0 unspecified atom stereocenters. The number of hydrogen-bond donors (Lipinski definition) is 0. The van der Waals surface area contributed by atoms with Crippen LogP contribution in [0.4, 0.5) is 0 Å². The molecular formula is C39H42Cl2I2Zr-4. The molecule has 0 saturated carbocycles. The van der Waals surface area contributed by atoms with Gasteiger partial charge in [0.15, 0.2) is 0 Å². The van der Waals surface area contributed by atoms with E-state index in [2.05, 4.69) is 152 Å². The number of halogens is 4. The van der Waals surface area contributed by atoms with Gasteiger partial charge in [-0.3, -0.25) is 6.08 Å². The third-order valence-electron chi connectivity index (χ3n) is 6.45. The second kappa shape index (κ2) is 21.9. The molecule has 44 heavy (non-hydrogen) atoms. The molecule has 0 nitrogen and oxygen atoms in total. The summed E-state index contributed by atoms with van der Waals surface area (Å²) >= 11 is 5.75. The van der Waals surface area contributed by atoms with Crippen LogP contribution in [0.2, 0.25) is 0 Å². The van der Waals surface area contributed by atoms with Gasteiger partial charge < -0.3 is 0 Å². The Bertz CT molecular complexity index is 1330. The summed E-state index contributed by atoms with van der Waals surface area (Å²) in [5.41, 5.74) is 8.76. The third-order valence-corrected chi connectivity index (χ3v) is 7.80. The van der Waals surface area contributed by atoms with Crippen LogP contribution in [-0.2, 0) is 41.5 Å². The van der Waals surface area contributed by atoms with Crippen LogP contribution < -0.4 is 0 Å². The van der Waals surface area contributed by atoms with E-state index >= 15 is 0 Å². The molecule has 0 aromatic heterocycles. The molecule has 0 bridgehead atoms. The van der Waals surface area contributed by atoms with Crippen molar-refractivity contribution in [2.75, 3.05) is 0 Å². The molecule has 0 radical (unpaired) electrons. The molecule has 0 spiro atoms. The van der Waals surface area contributed by atoms with E-state index in [4.69, 9.17) is 0 Å². The SMILES string of the molecule is CC(C)(C)c1c[c-]c2c(c1)-c1cc(C(C)(C)C)ccc1C2.Cl.Cl.Ic1[c-]cccc1.Ic1[c-]cccc1.[C-]1=CC=CC1.[CH2]=[Zr]. The van der Waals surface area contributed by atoms with Gasteiger partial charge in [0.2, 0.25) is 0 Å². The summed E-state index contributed by atoms with van der Waals surface area (Å²) in [4.78, 5) is 0. The number of hydrogen-bond acceptors (Lipinski definition) is 0. The second-order valence-corrected chi connectivity index (χ2v) is 14.1. The average molecular weight is 927 g/mol. The molecule has 6 rings (SSSR count). The maximum atomic E-state index is 3.53. The van der Waals surface area contributed by atoms with Crippen molar-refractivity contribution in [1.29, 1.82) is 0 Å². The van der Waals surface area contributed by atoms with Gasteiger partial charge in [-0.2, -0.15) is 96.1 Å². The van der Waals surface area contributed by atoms with E-state index in [0.29, 0.717) is 0 Å². The van der Waals surface area contributed by atoms with Crippen molar-refractivity contribution in [3.8, 4) is 11.1 Å². The summed E-state index contributed by atoms with van der Waals surface area (Å²) in [7, 11) is 0. The van der Waals surface area contributed by atoms with E-state index in [1.54, 1.807) is 0 Å². The first kappa shape index (κ1) is 43.2. The maximum absolute atomic E-state index is 3.53. The molecule has 0 atom stereocenters. The molecule has 2 aliphatic carbocycles. The zero-order valence-corrected chi connectivity index (χ0v) is 34.8. The van der Waals surface area contributed by atoms with Crippen molar-refractivity contribution >= 4 is 74.2 Å². The summed E-state index contributed by atoms with van der Waals surface area (Å²) < 4.78 is 5.67. The first-order chi connectivity index (χ1) is 19.9. The van der Waals surface area contributed by atoms with Crippen LogP contribution in [0.15, 0.2) is 97.1 Å². The minimum absolute atomic E-state index is 0. The molecule has 0 N–H and O–H groups in total. The molecule has 0 heterocycles. The van der Waals surface area contributed by atoms with Gasteiger partial charge in [0.05, 0.1) is 0 Å². The Balaban J connectivity index is 0.000000658. The Kier molecular flexibility index (Phi) is 21.4. The molecule has 4 aromatic rings. The van der Waals surface area contributed by atoms with Crippen LogP contribution in [0, 0.1) is 31.4 Å². The first-order valence-electron chi connectivity index (χ1n) is 14.0. The van der Waals surface area contributed by atoms with Gasteiger partial charge in [-0.1, -0.05) is 121 Å². The fourth-order valence-corrected chi connectivity index (χ4v) is 4.84. The Hall–Kier alpha value is -0.847. The summed E-state index contributed by atoms with van der Waals surface area (Å²) in [5, 5.41) is 0. The van der Waals surface area contributed by atoms with Gasteiger partial charge in [0.25, 0.3) is 0 Å². The van der Waals surface area contributed by atoms with E-state index in [-0.39, 0.29) is 35.6 Å². The molecule has 5 heteroatoms. The summed E-state index contributed by atoms with van der Waals surface area (Å²) in [6.07, 6.45) is 11.0. The quantitative estimate of drug-likeness (QED) is 0.107. The first-order valence-corrected chi connectivity index (χ1v) is 17.8. The van der Waals surface area contributed by atoms with Crippen LogP contribution in [-0.4, -0.2) is 4.21 Å². The van der Waals surface area contributed by atoms with Gasteiger partial charge in [0, 0.05) is 0 Å². The number of benzene rings is 4. The Labute approximate surface area is 322 Å². The predicted molar refractivity (Wildman–Crippen MR) is 210 cm³/mol. The van der Waals surface area contributed by atoms with Crippen LogP contribution in [0.3, 0.4) is 0 Å². The number of fused-ring (bicyclic) bond motifs is 3. The van der Waals surface area contributed by atoms with Gasteiger partial charge >= 0.3 is 28.4 Å². The van der Waals surface area contributed by atoms with Crippen LogP contribution >= 0.6 is 70.0 Å². The number of rotatable bonds is 0. The van der Waals surface area contributed by atoms with E-state index in [9.17, 15) is 0 Å². The predicted octanol–water partition coefficient (Wildman–Crippen LogP) is 12.0. The normalized spacial score (nSPS) is 11.5. The topological polar surface area (TPSA) is 0 Å². The monoisotopic (exact) mass is 924 g/mol. The van der Waals surface area contributed by atoms with Crippen LogP contribution in [0.1, 0.15) is 70.2 Å². The van der Waals surface area contributed by atoms with Crippen molar-refractivity contribution in [2.45, 2.75) is 65.2 Å². The summed E-state index contributed by atoms with van der Waals surface area (Å²) in [5.74, 6) is 0. The minimum atomic E-state index is 0. The zero-order valence-electron chi connectivity index (χ0n) is 26.4. The van der Waals surface area contributed by atoms with Gasteiger partial charge in [-0.25, -0.2) is 12.2 Å². The summed E-state index contributed by atoms with van der Waals surface area (Å²) in [6.45, 7) is 13.6. The molecule has 0 aliphatic heterocycles. The molecule has 2 aliphatic rings. The Morgan fingerprint density at radius 3 is 1.61 bits per heavy atom. The zero-order chi connectivity index (χ0) is 31.2. The molecule has 234 valence electrons. The fourth-order valence-electron chi connectivity index (χ4n) is 4.07. The standard InChI is InChI=1S/C21H25.2C6H4I.C5H5.CH2.2ClH.Zr/c1-20(2,3)16-9-7-14-11-15-8-10-17(21(4,5)6)13-19(15)18(14)12-16;2*7-6-4-2-1-3-5-6;1-2-4-5-3-1;;;;/h7,9-10,12-13H,11H2,1-6H3;2*1-4H;1-3H,4H2;1H2;2*1H;/q4*-1;;;;. The second-order valence-electron chi connectivity index (χ2n) is 11.8. The van der Waals surface area contributed by atoms with Gasteiger partial charge in [-0.15, -0.1) is 43.9 Å². The molecule has 0 saturated heterocycles. The van der Waals surface area contributed by atoms with Crippen molar-refractivity contribution < 1.29 is 24.2 Å². The van der Waals surface area contributed by atoms with Crippen molar-refractivity contribution in [3.63, 3.8) is 0 Å². The van der Waals surface area contributed by atoms with Gasteiger partial charge in [0.1, 0.15) is 0 Å². The van der Waals surface area contributed by atoms with E-state index in [1.807, 2.05) is 60.7 Å². The number of allylic oxidation sites excluding steroid dienone is 4. The third kappa shape index (κ3) is 15.2. The van der Waals surface area contributed by atoms with Crippen LogP contribution in [0.25, 0.3) is 11.1 Å². The molecule has 4 aromatic carbocycles. The van der Waals surface area contributed by atoms with E-state index < -0.39 is 0 Å². The molecular weight excluding hydrogens is 884 g/mol. The van der Waals surface area contributed by atoms with Crippen molar-refractivity contribution in [2.24, 2.45) is 0 Å². The Morgan fingerprint density at radius 1 is 0.705 bits per heavy atom. The van der Waals surface area contributed by atoms with Crippen molar-refractivity contribution in [3.05, 3.63) is 151 Å². The Morgan fingerprint density at radius 2 is 1.25 bits per heavy atom. The molecule has 0 fully saturated rings. The van der Waals surface area contributed by atoms with E-state index in [1.165, 1.54) is 64.8 Å². The van der Waals surface area contributed by atoms with Crippen molar-refractivity contribution in [1.82, 2.24) is 0 Å². The van der Waals surface area contributed by atoms with Crippen LogP contribution in [0.5, 0.6) is 0 Å². The van der Waals surface area contributed by atoms with Gasteiger partial charge in [-0.05, 0) is 17.4 Å². The van der Waals surface area contributed by atoms with E-state index in [0.717, 1.165) is 12.8 Å². The molecule has 0 amide bonds. The fraction of sp³-hybridized carbons (Fsp3) is 0.256. The average Bonchev–Trinajstić information content (AvgIpc) is 3.66.